The summed E-state index contributed by atoms with van der Waals surface area (Å²) in [6.45, 7) is 2.70. The van der Waals surface area contributed by atoms with E-state index in [0.717, 1.165) is 17.7 Å². The average molecular weight is 245 g/mol. The van der Waals surface area contributed by atoms with Gasteiger partial charge in [-0.25, -0.2) is 0 Å². The van der Waals surface area contributed by atoms with E-state index in [9.17, 15) is 0 Å². The van der Waals surface area contributed by atoms with Crippen LogP contribution in [0.1, 0.15) is 50.6 Å². The van der Waals surface area contributed by atoms with Crippen LogP contribution in [0, 0.1) is 0 Å². The van der Waals surface area contributed by atoms with Gasteiger partial charge in [0.2, 0.25) is 0 Å². The summed E-state index contributed by atoms with van der Waals surface area (Å²) in [7, 11) is 0. The minimum atomic E-state index is 0.0310. The first-order valence-corrected chi connectivity index (χ1v) is 6.98. The highest BCUT2D eigenvalue weighted by atomic mass is 16.5. The molecule has 1 unspecified atom stereocenters. The number of rotatable bonds is 4. The Bertz CT molecular complexity index is 411. The van der Waals surface area contributed by atoms with Crippen LogP contribution in [0.3, 0.4) is 0 Å². The molecular formula is C16H23NO. The minimum absolute atomic E-state index is 0.0310. The van der Waals surface area contributed by atoms with E-state index in [1.165, 1.54) is 31.3 Å². The molecule has 0 saturated heterocycles. The highest BCUT2D eigenvalue weighted by Gasteiger charge is 2.13. The fraction of sp³-hybridized carbons (Fsp3) is 0.500. The second-order valence-electron chi connectivity index (χ2n) is 4.86. The van der Waals surface area contributed by atoms with Gasteiger partial charge in [0.1, 0.15) is 5.75 Å². The summed E-state index contributed by atoms with van der Waals surface area (Å²) in [6, 6.07) is 8.21. The monoisotopic (exact) mass is 245 g/mol. The molecule has 2 rings (SSSR count). The van der Waals surface area contributed by atoms with Gasteiger partial charge in [-0.05, 0) is 50.3 Å². The predicted octanol–water partition coefficient (Wildman–Crippen LogP) is 3.98. The Morgan fingerprint density at radius 2 is 2.17 bits per heavy atom. The summed E-state index contributed by atoms with van der Waals surface area (Å²) < 4.78 is 5.53. The van der Waals surface area contributed by atoms with Crippen molar-refractivity contribution in [1.82, 2.24) is 0 Å². The fourth-order valence-corrected chi connectivity index (χ4v) is 2.50. The zero-order chi connectivity index (χ0) is 12.8. The smallest absolute Gasteiger partial charge is 0.119 e. The van der Waals surface area contributed by atoms with Crippen molar-refractivity contribution in [2.24, 2.45) is 5.73 Å². The van der Waals surface area contributed by atoms with Crippen molar-refractivity contribution >= 4 is 0 Å². The Kier molecular flexibility index (Phi) is 4.82. The quantitative estimate of drug-likeness (QED) is 0.814. The molecule has 0 amide bonds. The van der Waals surface area contributed by atoms with Gasteiger partial charge in [-0.15, -0.1) is 0 Å². The lowest BCUT2D eigenvalue weighted by atomic mass is 9.96. The van der Waals surface area contributed by atoms with Crippen LogP contribution in [-0.4, -0.2) is 6.61 Å². The molecule has 2 N–H and O–H groups in total. The summed E-state index contributed by atoms with van der Waals surface area (Å²) >= 11 is 0. The molecule has 0 saturated carbocycles. The highest BCUT2D eigenvalue weighted by molar-refractivity contribution is 5.34. The standard InChI is InChI=1S/C16H23NO/c1-2-18-15-11-7-10-14(12-15)16(17)13-8-5-3-4-6-9-13/h7-8,10-12,16H,2-6,9,17H2,1H3. The van der Waals surface area contributed by atoms with Crippen LogP contribution in [-0.2, 0) is 0 Å². The van der Waals surface area contributed by atoms with Crippen molar-refractivity contribution in [3.63, 3.8) is 0 Å². The molecule has 0 radical (unpaired) electrons. The van der Waals surface area contributed by atoms with Crippen molar-refractivity contribution in [2.75, 3.05) is 6.61 Å². The Morgan fingerprint density at radius 1 is 1.28 bits per heavy atom. The number of hydrogen-bond acceptors (Lipinski definition) is 2. The maximum absolute atomic E-state index is 6.38. The van der Waals surface area contributed by atoms with Crippen LogP contribution < -0.4 is 10.5 Å². The van der Waals surface area contributed by atoms with Crippen LogP contribution >= 0.6 is 0 Å². The fourth-order valence-electron chi connectivity index (χ4n) is 2.50. The molecule has 2 nitrogen and oxygen atoms in total. The van der Waals surface area contributed by atoms with Gasteiger partial charge in [-0.3, -0.25) is 0 Å². The summed E-state index contributed by atoms with van der Waals surface area (Å²) in [5.74, 6) is 0.916. The Morgan fingerprint density at radius 3 is 3.00 bits per heavy atom. The predicted molar refractivity (Wildman–Crippen MR) is 75.7 cm³/mol. The lowest BCUT2D eigenvalue weighted by Crippen LogP contribution is -2.13. The number of hydrogen-bond donors (Lipinski definition) is 1. The number of nitrogens with two attached hydrogens (primary N) is 1. The summed E-state index contributed by atoms with van der Waals surface area (Å²) in [6.07, 6.45) is 8.55. The largest absolute Gasteiger partial charge is 0.494 e. The summed E-state index contributed by atoms with van der Waals surface area (Å²) in [5.41, 5.74) is 8.93. The molecule has 0 heterocycles. The van der Waals surface area contributed by atoms with Crippen LogP contribution in [0.25, 0.3) is 0 Å². The molecule has 1 aliphatic carbocycles. The first-order valence-electron chi connectivity index (χ1n) is 6.98. The van der Waals surface area contributed by atoms with Crippen molar-refractivity contribution in [3.8, 4) is 5.75 Å². The molecule has 1 aromatic carbocycles. The van der Waals surface area contributed by atoms with E-state index in [2.05, 4.69) is 18.2 Å². The van der Waals surface area contributed by atoms with Gasteiger partial charge < -0.3 is 10.5 Å². The molecule has 0 aromatic heterocycles. The van der Waals surface area contributed by atoms with Crippen LogP contribution in [0.2, 0.25) is 0 Å². The molecule has 98 valence electrons. The van der Waals surface area contributed by atoms with Gasteiger partial charge in [0, 0.05) is 0 Å². The molecule has 18 heavy (non-hydrogen) atoms. The van der Waals surface area contributed by atoms with Crippen molar-refractivity contribution in [1.29, 1.82) is 0 Å². The van der Waals surface area contributed by atoms with E-state index in [-0.39, 0.29) is 6.04 Å². The van der Waals surface area contributed by atoms with E-state index >= 15 is 0 Å². The third-order valence-corrected chi connectivity index (χ3v) is 3.50. The van der Waals surface area contributed by atoms with Gasteiger partial charge in [0.15, 0.2) is 0 Å². The van der Waals surface area contributed by atoms with E-state index in [0.29, 0.717) is 6.61 Å². The van der Waals surface area contributed by atoms with E-state index < -0.39 is 0 Å². The van der Waals surface area contributed by atoms with Crippen LogP contribution in [0.5, 0.6) is 5.75 Å². The first-order chi connectivity index (χ1) is 8.81. The lowest BCUT2D eigenvalue weighted by molar-refractivity contribution is 0.340. The minimum Gasteiger partial charge on any atom is -0.494 e. The van der Waals surface area contributed by atoms with E-state index in [1.807, 2.05) is 19.1 Å². The van der Waals surface area contributed by atoms with Crippen LogP contribution in [0.15, 0.2) is 35.9 Å². The second kappa shape index (κ2) is 6.60. The normalized spacial score (nSPS) is 17.8. The topological polar surface area (TPSA) is 35.2 Å². The maximum atomic E-state index is 6.38. The molecule has 0 bridgehead atoms. The molecule has 1 atom stereocenters. The lowest BCUT2D eigenvalue weighted by Gasteiger charge is -2.16. The second-order valence-corrected chi connectivity index (χ2v) is 4.86. The molecule has 0 fully saturated rings. The molecule has 1 aromatic rings. The van der Waals surface area contributed by atoms with Crippen molar-refractivity contribution in [3.05, 3.63) is 41.5 Å². The van der Waals surface area contributed by atoms with Gasteiger partial charge in [0.25, 0.3) is 0 Å². The average Bonchev–Trinajstić information content (AvgIpc) is 2.67. The van der Waals surface area contributed by atoms with Crippen molar-refractivity contribution < 1.29 is 4.74 Å². The third-order valence-electron chi connectivity index (χ3n) is 3.50. The molecule has 0 spiro atoms. The Balaban J connectivity index is 2.14. The Hall–Kier alpha value is -1.28. The molecule has 2 heteroatoms. The van der Waals surface area contributed by atoms with Crippen LogP contribution in [0.4, 0.5) is 0 Å². The van der Waals surface area contributed by atoms with E-state index in [4.69, 9.17) is 10.5 Å². The Labute approximate surface area is 110 Å². The molecule has 1 aliphatic rings. The number of allylic oxidation sites excluding steroid dienone is 1. The number of benzene rings is 1. The van der Waals surface area contributed by atoms with E-state index in [1.54, 1.807) is 0 Å². The summed E-state index contributed by atoms with van der Waals surface area (Å²) in [4.78, 5) is 0. The van der Waals surface area contributed by atoms with Gasteiger partial charge in [-0.1, -0.05) is 30.2 Å². The van der Waals surface area contributed by atoms with Gasteiger partial charge >= 0.3 is 0 Å². The zero-order valence-corrected chi connectivity index (χ0v) is 11.2. The van der Waals surface area contributed by atoms with Crippen molar-refractivity contribution in [2.45, 2.75) is 45.1 Å². The maximum Gasteiger partial charge on any atom is 0.119 e. The molecular weight excluding hydrogens is 222 g/mol. The third kappa shape index (κ3) is 3.36. The summed E-state index contributed by atoms with van der Waals surface area (Å²) in [5, 5.41) is 0. The highest BCUT2D eigenvalue weighted by Crippen LogP contribution is 2.29. The van der Waals surface area contributed by atoms with Gasteiger partial charge in [0.05, 0.1) is 12.6 Å². The number of ether oxygens (including phenoxy) is 1. The first kappa shape index (κ1) is 13.2. The van der Waals surface area contributed by atoms with Gasteiger partial charge in [-0.2, -0.15) is 0 Å². The zero-order valence-electron chi connectivity index (χ0n) is 11.2. The molecule has 0 aliphatic heterocycles. The SMILES string of the molecule is CCOc1cccc(C(N)C2=CCCCCC2)c1.